The van der Waals surface area contributed by atoms with Gasteiger partial charge in [0.15, 0.2) is 0 Å². The first-order valence-corrected chi connectivity index (χ1v) is 6.77. The lowest BCUT2D eigenvalue weighted by Crippen LogP contribution is -2.29. The van der Waals surface area contributed by atoms with Crippen molar-refractivity contribution in [2.45, 2.75) is 25.3 Å². The number of hydrogen-bond acceptors (Lipinski definition) is 2. The van der Waals surface area contributed by atoms with E-state index in [2.05, 4.69) is 10.2 Å². The van der Waals surface area contributed by atoms with Crippen molar-refractivity contribution in [1.82, 2.24) is 4.90 Å². The van der Waals surface area contributed by atoms with E-state index < -0.39 is 0 Å². The maximum absolute atomic E-state index is 12.0. The Hall–Kier alpha value is -0.770. The molecule has 2 rings (SSSR count). The first-order chi connectivity index (χ1) is 8.58. The molecule has 1 aliphatic rings. The lowest BCUT2D eigenvalue weighted by molar-refractivity contribution is -0.117. The summed E-state index contributed by atoms with van der Waals surface area (Å²) in [5.74, 6) is -0.0382. The largest absolute Gasteiger partial charge is 0.323 e. The van der Waals surface area contributed by atoms with E-state index in [-0.39, 0.29) is 5.91 Å². The molecular formula is C13H16Cl2N2O. The van der Waals surface area contributed by atoms with E-state index in [4.69, 9.17) is 23.2 Å². The number of para-hydroxylation sites is 1. The average molecular weight is 287 g/mol. The Morgan fingerprint density at radius 2 is 2.11 bits per heavy atom. The van der Waals surface area contributed by atoms with Gasteiger partial charge in [0.25, 0.3) is 0 Å². The summed E-state index contributed by atoms with van der Waals surface area (Å²) in [6.07, 6.45) is 2.71. The Balaban J connectivity index is 1.99. The summed E-state index contributed by atoms with van der Waals surface area (Å²) in [6.45, 7) is 1.06. The van der Waals surface area contributed by atoms with Gasteiger partial charge in [-0.2, -0.15) is 0 Å². The molecule has 5 heteroatoms. The lowest BCUT2D eigenvalue weighted by atomic mass is 10.1. The van der Waals surface area contributed by atoms with Crippen LogP contribution in [0.5, 0.6) is 0 Å². The molecule has 0 aliphatic carbocycles. The number of rotatable bonds is 3. The van der Waals surface area contributed by atoms with Gasteiger partial charge in [-0.1, -0.05) is 29.3 Å². The van der Waals surface area contributed by atoms with Crippen molar-refractivity contribution in [3.05, 3.63) is 28.2 Å². The van der Waals surface area contributed by atoms with Crippen molar-refractivity contribution in [3.8, 4) is 0 Å². The summed E-state index contributed by atoms with van der Waals surface area (Å²) in [6, 6.07) is 5.51. The zero-order chi connectivity index (χ0) is 13.1. The molecule has 0 radical (unpaired) electrons. The minimum absolute atomic E-state index is 0.0382. The number of amides is 1. The lowest BCUT2D eigenvalue weighted by Gasteiger charge is -2.19. The second kappa shape index (κ2) is 5.91. The number of nitrogens with zero attached hydrogens (tertiary/aromatic N) is 1. The van der Waals surface area contributed by atoms with Gasteiger partial charge in [0.2, 0.25) is 5.91 Å². The van der Waals surface area contributed by atoms with E-state index in [0.29, 0.717) is 28.2 Å². The molecule has 1 unspecified atom stereocenters. The first kappa shape index (κ1) is 13.7. The number of benzene rings is 1. The predicted molar refractivity (Wildman–Crippen MR) is 75.4 cm³/mol. The molecule has 1 aromatic rings. The zero-order valence-electron chi connectivity index (χ0n) is 10.2. The highest BCUT2D eigenvalue weighted by Crippen LogP contribution is 2.30. The summed E-state index contributed by atoms with van der Waals surface area (Å²) in [5.41, 5.74) is 0.506. The monoisotopic (exact) mass is 286 g/mol. The van der Waals surface area contributed by atoms with E-state index in [1.165, 1.54) is 0 Å². The van der Waals surface area contributed by atoms with Gasteiger partial charge >= 0.3 is 0 Å². The van der Waals surface area contributed by atoms with E-state index >= 15 is 0 Å². The maximum atomic E-state index is 12.0. The Bertz CT molecular complexity index is 430. The van der Waals surface area contributed by atoms with Crippen LogP contribution in [-0.2, 0) is 4.79 Å². The fourth-order valence-electron chi connectivity index (χ4n) is 2.26. The number of carbonyl (C=O) groups is 1. The minimum atomic E-state index is -0.0382. The van der Waals surface area contributed by atoms with Crippen molar-refractivity contribution in [2.24, 2.45) is 0 Å². The van der Waals surface area contributed by atoms with Crippen LogP contribution < -0.4 is 5.32 Å². The van der Waals surface area contributed by atoms with Gasteiger partial charge < -0.3 is 10.2 Å². The van der Waals surface area contributed by atoms with E-state index in [9.17, 15) is 4.79 Å². The molecule has 0 aromatic heterocycles. The Morgan fingerprint density at radius 3 is 2.67 bits per heavy atom. The Labute approximate surface area is 117 Å². The molecular weight excluding hydrogens is 271 g/mol. The fraction of sp³-hybridized carbons (Fsp3) is 0.462. The van der Waals surface area contributed by atoms with Crippen LogP contribution in [0.2, 0.25) is 10.0 Å². The van der Waals surface area contributed by atoms with Crippen molar-refractivity contribution in [2.75, 3.05) is 18.9 Å². The highest BCUT2D eigenvalue weighted by Gasteiger charge is 2.23. The molecule has 1 aliphatic heterocycles. The number of carbonyl (C=O) groups excluding carboxylic acids is 1. The van der Waals surface area contributed by atoms with Crippen LogP contribution in [0.3, 0.4) is 0 Å². The van der Waals surface area contributed by atoms with Crippen molar-refractivity contribution < 1.29 is 4.79 Å². The van der Waals surface area contributed by atoms with Crippen LogP contribution in [0.1, 0.15) is 19.3 Å². The molecule has 1 heterocycles. The van der Waals surface area contributed by atoms with Crippen LogP contribution in [-0.4, -0.2) is 30.4 Å². The summed E-state index contributed by atoms with van der Waals surface area (Å²) in [4.78, 5) is 14.2. The molecule has 0 spiro atoms. The van der Waals surface area contributed by atoms with Gasteiger partial charge in [0.1, 0.15) is 0 Å². The third kappa shape index (κ3) is 3.16. The average Bonchev–Trinajstić information content (AvgIpc) is 2.70. The molecule has 0 saturated carbocycles. The van der Waals surface area contributed by atoms with Gasteiger partial charge in [0, 0.05) is 12.5 Å². The van der Waals surface area contributed by atoms with E-state index in [1.54, 1.807) is 18.2 Å². The minimum Gasteiger partial charge on any atom is -0.323 e. The van der Waals surface area contributed by atoms with Crippen LogP contribution >= 0.6 is 23.2 Å². The standard InChI is InChI=1S/C13H16Cl2N2O/c1-17-7-3-4-9(17)8-12(18)16-13-10(14)5-2-6-11(13)15/h2,5-6,9H,3-4,7-8H2,1H3,(H,16,18). The molecule has 1 amide bonds. The smallest absolute Gasteiger partial charge is 0.226 e. The van der Waals surface area contributed by atoms with Crippen LogP contribution in [0.25, 0.3) is 0 Å². The molecule has 3 nitrogen and oxygen atoms in total. The highest BCUT2D eigenvalue weighted by atomic mass is 35.5. The predicted octanol–water partition coefficient (Wildman–Crippen LogP) is 3.42. The summed E-state index contributed by atoms with van der Waals surface area (Å²) in [5, 5.41) is 3.73. The van der Waals surface area contributed by atoms with E-state index in [0.717, 1.165) is 19.4 Å². The third-order valence-corrected chi connectivity index (χ3v) is 3.95. The normalized spacial score (nSPS) is 20.1. The molecule has 1 fully saturated rings. The first-order valence-electron chi connectivity index (χ1n) is 6.02. The molecule has 1 aromatic carbocycles. The van der Waals surface area contributed by atoms with Crippen molar-refractivity contribution in [3.63, 3.8) is 0 Å². The van der Waals surface area contributed by atoms with Crippen LogP contribution in [0.4, 0.5) is 5.69 Å². The van der Waals surface area contributed by atoms with E-state index in [1.807, 2.05) is 7.05 Å². The number of anilines is 1. The van der Waals surface area contributed by atoms with Crippen LogP contribution in [0, 0.1) is 0 Å². The molecule has 1 N–H and O–H groups in total. The summed E-state index contributed by atoms with van der Waals surface area (Å²) < 4.78 is 0. The Morgan fingerprint density at radius 1 is 1.44 bits per heavy atom. The summed E-state index contributed by atoms with van der Waals surface area (Å²) in [7, 11) is 2.05. The van der Waals surface area contributed by atoms with Crippen molar-refractivity contribution >= 4 is 34.8 Å². The molecule has 0 bridgehead atoms. The fourth-order valence-corrected chi connectivity index (χ4v) is 2.75. The SMILES string of the molecule is CN1CCCC1CC(=O)Nc1c(Cl)cccc1Cl. The molecule has 18 heavy (non-hydrogen) atoms. The number of halogens is 2. The maximum Gasteiger partial charge on any atom is 0.226 e. The van der Waals surface area contributed by atoms with Gasteiger partial charge in [-0.25, -0.2) is 0 Å². The van der Waals surface area contributed by atoms with Gasteiger partial charge in [-0.05, 0) is 38.6 Å². The molecule has 1 atom stereocenters. The van der Waals surface area contributed by atoms with Crippen LogP contribution in [0.15, 0.2) is 18.2 Å². The number of nitrogens with one attached hydrogen (secondary N) is 1. The third-order valence-electron chi connectivity index (χ3n) is 3.32. The summed E-state index contributed by atoms with van der Waals surface area (Å²) >= 11 is 12.0. The second-order valence-electron chi connectivity index (χ2n) is 4.63. The zero-order valence-corrected chi connectivity index (χ0v) is 11.8. The number of hydrogen-bond donors (Lipinski definition) is 1. The highest BCUT2D eigenvalue weighted by molar-refractivity contribution is 6.39. The molecule has 1 saturated heterocycles. The number of likely N-dealkylation sites (tertiary alicyclic amines) is 1. The topological polar surface area (TPSA) is 32.3 Å². The quantitative estimate of drug-likeness (QED) is 0.924. The molecule has 98 valence electrons. The van der Waals surface area contributed by atoms with Gasteiger partial charge in [0.05, 0.1) is 15.7 Å². The van der Waals surface area contributed by atoms with Gasteiger partial charge in [-0.15, -0.1) is 0 Å². The Kier molecular flexibility index (Phi) is 4.49. The second-order valence-corrected chi connectivity index (χ2v) is 5.44. The van der Waals surface area contributed by atoms with Gasteiger partial charge in [-0.3, -0.25) is 4.79 Å². The van der Waals surface area contributed by atoms with Crippen molar-refractivity contribution in [1.29, 1.82) is 0 Å².